The first-order valence-corrected chi connectivity index (χ1v) is 8.23. The van der Waals surface area contributed by atoms with Crippen LogP contribution in [0.25, 0.3) is 10.9 Å². The Labute approximate surface area is 149 Å². The minimum atomic E-state index is -0.250. The third-order valence-electron chi connectivity index (χ3n) is 4.40. The number of hydrogen-bond donors (Lipinski definition) is 4. The molecule has 0 aliphatic carbocycles. The Morgan fingerprint density at radius 2 is 1.80 bits per heavy atom. The van der Waals surface area contributed by atoms with E-state index < -0.39 is 0 Å². The molecule has 0 saturated carbocycles. The average molecular weight is 369 g/mol. The SMILES string of the molecule is O=CO.O=c1[nH]c2cc(Cl)ccc2cc1CN1C[C@@H](CO)[C@H](CO)C1. The van der Waals surface area contributed by atoms with Crippen LogP contribution in [0.3, 0.4) is 0 Å². The summed E-state index contributed by atoms with van der Waals surface area (Å²) in [7, 11) is 0. The Kier molecular flexibility index (Phi) is 6.95. The highest BCUT2D eigenvalue weighted by atomic mass is 35.5. The second kappa shape index (κ2) is 8.96. The molecule has 4 N–H and O–H groups in total. The lowest BCUT2D eigenvalue weighted by molar-refractivity contribution is -0.122. The van der Waals surface area contributed by atoms with Crippen LogP contribution >= 0.6 is 11.6 Å². The Morgan fingerprint density at radius 1 is 1.20 bits per heavy atom. The monoisotopic (exact) mass is 368 g/mol. The largest absolute Gasteiger partial charge is 0.483 e. The number of carbonyl (C=O) groups is 1. The van der Waals surface area contributed by atoms with E-state index >= 15 is 0 Å². The van der Waals surface area contributed by atoms with Crippen LogP contribution in [0.1, 0.15) is 5.56 Å². The Morgan fingerprint density at radius 3 is 2.36 bits per heavy atom. The van der Waals surface area contributed by atoms with Crippen molar-refractivity contribution in [3.8, 4) is 0 Å². The van der Waals surface area contributed by atoms with Crippen molar-refractivity contribution >= 4 is 29.0 Å². The maximum atomic E-state index is 12.2. The van der Waals surface area contributed by atoms with Crippen LogP contribution in [0.15, 0.2) is 29.1 Å². The van der Waals surface area contributed by atoms with Crippen molar-refractivity contribution in [1.29, 1.82) is 0 Å². The van der Waals surface area contributed by atoms with Crippen molar-refractivity contribution in [2.75, 3.05) is 26.3 Å². The molecule has 1 aliphatic rings. The summed E-state index contributed by atoms with van der Waals surface area (Å²) in [6, 6.07) is 7.30. The predicted molar refractivity (Wildman–Crippen MR) is 94.7 cm³/mol. The molecular formula is C17H21ClN2O5. The molecule has 0 amide bonds. The number of halogens is 1. The number of likely N-dealkylation sites (tertiary alicyclic amines) is 1. The molecule has 1 aromatic heterocycles. The van der Waals surface area contributed by atoms with Gasteiger partial charge in [-0.1, -0.05) is 17.7 Å². The highest BCUT2D eigenvalue weighted by Crippen LogP contribution is 2.24. The van der Waals surface area contributed by atoms with Crippen LogP contribution < -0.4 is 5.56 Å². The molecule has 2 aromatic rings. The molecule has 0 radical (unpaired) electrons. The molecule has 0 spiro atoms. The number of aromatic amines is 1. The maximum Gasteiger partial charge on any atom is 0.290 e. The van der Waals surface area contributed by atoms with E-state index in [0.29, 0.717) is 30.2 Å². The first-order chi connectivity index (χ1) is 12.0. The standard InChI is InChI=1S/C16H19ClN2O3.CH2O2/c17-14-2-1-10-3-11(16(22)18-15(10)4-14)5-19-6-12(8-20)13(7-19)9-21;2-1-3/h1-4,12-13,20-21H,5-9H2,(H,18,22);1H,(H,2,3)/t12-,13-;/m0./s1. The van der Waals surface area contributed by atoms with Gasteiger partial charge in [0.25, 0.3) is 12.0 Å². The predicted octanol–water partition coefficient (Wildman–Crippen LogP) is 0.915. The Bertz CT molecular complexity index is 767. The molecule has 1 fully saturated rings. The molecule has 1 aliphatic heterocycles. The van der Waals surface area contributed by atoms with E-state index in [1.54, 1.807) is 12.1 Å². The fraction of sp³-hybridized carbons (Fsp3) is 0.412. The van der Waals surface area contributed by atoms with Gasteiger partial charge in [-0.15, -0.1) is 0 Å². The number of nitrogens with zero attached hydrogens (tertiary/aromatic N) is 1. The fourth-order valence-electron chi connectivity index (χ4n) is 3.16. The topological polar surface area (TPSA) is 114 Å². The second-order valence-corrected chi connectivity index (χ2v) is 6.48. The van der Waals surface area contributed by atoms with Crippen molar-refractivity contribution in [1.82, 2.24) is 9.88 Å². The number of aliphatic hydroxyl groups excluding tert-OH is 2. The molecule has 2 heterocycles. The average Bonchev–Trinajstić information content (AvgIpc) is 2.98. The molecule has 2 atom stereocenters. The van der Waals surface area contributed by atoms with Crippen molar-refractivity contribution in [3.63, 3.8) is 0 Å². The molecular weight excluding hydrogens is 348 g/mol. The number of pyridine rings is 1. The van der Waals surface area contributed by atoms with Gasteiger partial charge in [0.1, 0.15) is 0 Å². The van der Waals surface area contributed by atoms with Crippen LogP contribution in [0.4, 0.5) is 0 Å². The maximum absolute atomic E-state index is 12.2. The normalized spacial score (nSPS) is 20.3. The zero-order valence-electron chi connectivity index (χ0n) is 13.6. The van der Waals surface area contributed by atoms with Crippen LogP contribution in [-0.4, -0.2) is 58.0 Å². The number of H-pyrrole nitrogens is 1. The van der Waals surface area contributed by atoms with Gasteiger partial charge in [-0.05, 0) is 23.6 Å². The van der Waals surface area contributed by atoms with E-state index in [-0.39, 0.29) is 37.1 Å². The summed E-state index contributed by atoms with van der Waals surface area (Å²) < 4.78 is 0. The minimum absolute atomic E-state index is 0.0638. The minimum Gasteiger partial charge on any atom is -0.483 e. The van der Waals surface area contributed by atoms with Crippen LogP contribution in [-0.2, 0) is 11.3 Å². The number of rotatable bonds is 4. The molecule has 0 unspecified atom stereocenters. The number of benzene rings is 1. The molecule has 25 heavy (non-hydrogen) atoms. The van der Waals surface area contributed by atoms with Crippen LogP contribution in [0, 0.1) is 11.8 Å². The molecule has 136 valence electrons. The molecule has 8 heteroatoms. The zero-order valence-corrected chi connectivity index (χ0v) is 14.3. The van der Waals surface area contributed by atoms with Crippen LogP contribution in [0.5, 0.6) is 0 Å². The lowest BCUT2D eigenvalue weighted by atomic mass is 9.98. The summed E-state index contributed by atoms with van der Waals surface area (Å²) in [5, 5.41) is 27.1. The smallest absolute Gasteiger partial charge is 0.290 e. The quantitative estimate of drug-likeness (QED) is 0.597. The summed E-state index contributed by atoms with van der Waals surface area (Å²) in [5.41, 5.74) is 1.29. The second-order valence-electron chi connectivity index (χ2n) is 6.04. The van der Waals surface area contributed by atoms with E-state index in [4.69, 9.17) is 21.5 Å². The van der Waals surface area contributed by atoms with E-state index in [9.17, 15) is 15.0 Å². The van der Waals surface area contributed by atoms with Crippen LogP contribution in [0.2, 0.25) is 5.02 Å². The van der Waals surface area contributed by atoms with Gasteiger partial charge >= 0.3 is 0 Å². The van der Waals surface area contributed by atoms with Gasteiger partial charge in [0.05, 0.1) is 0 Å². The van der Waals surface area contributed by atoms with E-state index in [1.165, 1.54) is 0 Å². The van der Waals surface area contributed by atoms with Gasteiger partial charge in [-0.3, -0.25) is 14.5 Å². The zero-order chi connectivity index (χ0) is 18.4. The number of carboxylic acid groups (broad SMARTS) is 1. The number of nitrogens with one attached hydrogen (secondary N) is 1. The highest BCUT2D eigenvalue weighted by Gasteiger charge is 2.31. The Balaban J connectivity index is 0.000000701. The highest BCUT2D eigenvalue weighted by molar-refractivity contribution is 6.31. The van der Waals surface area contributed by atoms with Crippen molar-refractivity contribution in [2.45, 2.75) is 6.54 Å². The van der Waals surface area contributed by atoms with Gasteiger partial charge in [0.15, 0.2) is 0 Å². The molecule has 7 nitrogen and oxygen atoms in total. The van der Waals surface area contributed by atoms with E-state index in [2.05, 4.69) is 9.88 Å². The first-order valence-electron chi connectivity index (χ1n) is 7.85. The fourth-order valence-corrected chi connectivity index (χ4v) is 3.33. The lowest BCUT2D eigenvalue weighted by Gasteiger charge is -2.15. The van der Waals surface area contributed by atoms with E-state index in [0.717, 1.165) is 10.9 Å². The molecule has 1 aromatic carbocycles. The van der Waals surface area contributed by atoms with E-state index in [1.807, 2.05) is 12.1 Å². The molecule has 3 rings (SSSR count). The summed E-state index contributed by atoms with van der Waals surface area (Å²) >= 11 is 5.93. The van der Waals surface area contributed by atoms with Gasteiger partial charge < -0.3 is 20.3 Å². The first kappa shape index (κ1) is 19.4. The summed E-state index contributed by atoms with van der Waals surface area (Å²) in [6.07, 6.45) is 0. The Hall–Kier alpha value is -1.93. The van der Waals surface area contributed by atoms with Gasteiger partial charge in [-0.25, -0.2) is 0 Å². The lowest BCUT2D eigenvalue weighted by Crippen LogP contribution is -2.25. The summed E-state index contributed by atoms with van der Waals surface area (Å²) in [4.78, 5) is 25.5. The third-order valence-corrected chi connectivity index (χ3v) is 4.64. The number of hydrogen-bond acceptors (Lipinski definition) is 5. The van der Waals surface area contributed by atoms with Crippen molar-refractivity contribution < 1.29 is 20.1 Å². The summed E-state index contributed by atoms with van der Waals surface area (Å²) in [5.74, 6) is 0.145. The third kappa shape index (κ3) is 4.79. The number of aromatic nitrogens is 1. The molecule has 0 bridgehead atoms. The van der Waals surface area contributed by atoms with Gasteiger partial charge in [0.2, 0.25) is 0 Å². The van der Waals surface area contributed by atoms with Gasteiger partial charge in [0, 0.05) is 60.8 Å². The number of fused-ring (bicyclic) bond motifs is 1. The van der Waals surface area contributed by atoms with Gasteiger partial charge in [-0.2, -0.15) is 0 Å². The number of aliphatic hydroxyl groups is 2. The van der Waals surface area contributed by atoms with Crippen molar-refractivity contribution in [3.05, 3.63) is 45.2 Å². The van der Waals surface area contributed by atoms with Crippen molar-refractivity contribution in [2.24, 2.45) is 11.8 Å². The molecule has 1 saturated heterocycles. The summed E-state index contributed by atoms with van der Waals surface area (Å²) in [6.45, 7) is 1.78.